The lowest BCUT2D eigenvalue weighted by Crippen LogP contribution is -2.47. The van der Waals surface area contributed by atoms with Gasteiger partial charge in [0.15, 0.2) is 11.5 Å². The Morgan fingerprint density at radius 1 is 1.08 bits per heavy atom. The summed E-state index contributed by atoms with van der Waals surface area (Å²) in [6.45, 7) is 6.28. The van der Waals surface area contributed by atoms with Crippen LogP contribution in [0.25, 0.3) is 0 Å². The number of halogens is 1. The first-order chi connectivity index (χ1) is 18.0. The molecule has 0 aromatic heterocycles. The maximum absolute atomic E-state index is 13.3. The third kappa shape index (κ3) is 3.85. The summed E-state index contributed by atoms with van der Waals surface area (Å²) >= 11 is 0. The molecule has 7 heteroatoms. The zero-order chi connectivity index (χ0) is 25.1. The van der Waals surface area contributed by atoms with Crippen LogP contribution in [-0.2, 0) is 12.0 Å². The van der Waals surface area contributed by atoms with Gasteiger partial charge in [-0.05, 0) is 74.8 Å². The minimum absolute atomic E-state index is 0.0401. The first kappa shape index (κ1) is 23.5. The van der Waals surface area contributed by atoms with Gasteiger partial charge in [-0.2, -0.15) is 0 Å². The van der Waals surface area contributed by atoms with E-state index in [0.717, 1.165) is 69.3 Å². The number of methoxy groups -OCH3 is 1. The smallest absolute Gasteiger partial charge is 0.166 e. The van der Waals surface area contributed by atoms with Crippen molar-refractivity contribution in [2.24, 2.45) is 0 Å². The van der Waals surface area contributed by atoms with Crippen LogP contribution in [0.1, 0.15) is 36.8 Å². The van der Waals surface area contributed by atoms with Crippen LogP contribution in [-0.4, -0.2) is 79.0 Å². The largest absolute Gasteiger partial charge is 0.493 e. The molecule has 2 bridgehead atoms. The van der Waals surface area contributed by atoms with Crippen molar-refractivity contribution >= 4 is 5.69 Å². The van der Waals surface area contributed by atoms with Gasteiger partial charge in [-0.3, -0.25) is 9.80 Å². The van der Waals surface area contributed by atoms with Crippen LogP contribution < -0.4 is 14.4 Å². The molecule has 4 heterocycles. The van der Waals surface area contributed by atoms with Crippen LogP contribution in [0.5, 0.6) is 11.5 Å². The number of hydrogen-bond acceptors (Lipinski definition) is 6. The summed E-state index contributed by atoms with van der Waals surface area (Å²) < 4.78 is 25.5. The maximum Gasteiger partial charge on any atom is 0.166 e. The van der Waals surface area contributed by atoms with Gasteiger partial charge in [-0.15, -0.1) is 0 Å². The van der Waals surface area contributed by atoms with Gasteiger partial charge in [-0.25, -0.2) is 4.39 Å². The average Bonchev–Trinajstić information content (AvgIpc) is 3.56. The predicted octanol–water partition coefficient (Wildman–Crippen LogP) is 3.71. The summed E-state index contributed by atoms with van der Waals surface area (Å²) in [5, 5.41) is 10.3. The number of likely N-dealkylation sites (tertiary alicyclic amines) is 1. The molecule has 2 fully saturated rings. The molecule has 0 radical (unpaired) electrons. The van der Waals surface area contributed by atoms with Crippen molar-refractivity contribution in [1.82, 2.24) is 9.80 Å². The number of aliphatic hydroxyl groups is 1. The van der Waals surface area contributed by atoms with Gasteiger partial charge in [0.25, 0.3) is 0 Å². The molecular formula is C30H36FN3O3. The molecule has 5 atom stereocenters. The highest BCUT2D eigenvalue weighted by Crippen LogP contribution is 2.55. The molecule has 2 aromatic carbocycles. The van der Waals surface area contributed by atoms with Gasteiger partial charge in [0.05, 0.1) is 18.6 Å². The monoisotopic (exact) mass is 505 g/mol. The number of anilines is 1. The summed E-state index contributed by atoms with van der Waals surface area (Å²) in [6, 6.07) is 12.4. The Balaban J connectivity index is 1.01. The maximum atomic E-state index is 13.3. The number of nitrogens with zero attached hydrogens (tertiary/aromatic N) is 3. The molecule has 1 N–H and O–H groups in total. The molecule has 0 amide bonds. The minimum Gasteiger partial charge on any atom is -0.493 e. The summed E-state index contributed by atoms with van der Waals surface area (Å²) in [5.74, 6) is 1.50. The van der Waals surface area contributed by atoms with Crippen molar-refractivity contribution in [3.8, 4) is 11.5 Å². The lowest BCUT2D eigenvalue weighted by Gasteiger charge is -2.36. The molecule has 2 saturated heterocycles. The quantitative estimate of drug-likeness (QED) is 0.604. The van der Waals surface area contributed by atoms with Crippen LogP contribution in [0.3, 0.4) is 0 Å². The van der Waals surface area contributed by atoms with Gasteiger partial charge in [0.1, 0.15) is 11.9 Å². The first-order valence-electron chi connectivity index (χ1n) is 13.8. The topological polar surface area (TPSA) is 48.4 Å². The summed E-state index contributed by atoms with van der Waals surface area (Å²) in [4.78, 5) is 7.73. The zero-order valence-electron chi connectivity index (χ0n) is 21.5. The Labute approximate surface area is 218 Å². The molecule has 4 aliphatic heterocycles. The summed E-state index contributed by atoms with van der Waals surface area (Å²) in [6.07, 6.45) is 7.68. The van der Waals surface area contributed by atoms with E-state index in [9.17, 15) is 9.50 Å². The van der Waals surface area contributed by atoms with Crippen molar-refractivity contribution in [2.75, 3.05) is 44.7 Å². The van der Waals surface area contributed by atoms with Crippen molar-refractivity contribution in [2.45, 2.75) is 61.9 Å². The molecule has 2 aromatic rings. The van der Waals surface area contributed by atoms with E-state index in [4.69, 9.17) is 9.47 Å². The second-order valence-electron chi connectivity index (χ2n) is 11.5. The zero-order valence-corrected chi connectivity index (χ0v) is 21.5. The SMILES string of the molecule is COc1ccc2c3c1O[C@@H]1C[C@H](O)C=CC31CCN(CCCN1CC3CC1CN3c1ccc(F)cc1)C2. The molecule has 7 rings (SSSR count). The fraction of sp³-hybridized carbons (Fsp3) is 0.533. The van der Waals surface area contributed by atoms with Gasteiger partial charge in [-0.1, -0.05) is 18.2 Å². The van der Waals surface area contributed by atoms with Gasteiger partial charge in [0.2, 0.25) is 0 Å². The summed E-state index contributed by atoms with van der Waals surface area (Å²) in [5.41, 5.74) is 3.58. The minimum atomic E-state index is -0.450. The third-order valence-electron chi connectivity index (χ3n) is 9.47. The van der Waals surface area contributed by atoms with E-state index in [1.54, 1.807) is 19.2 Å². The van der Waals surface area contributed by atoms with E-state index in [1.165, 1.54) is 17.5 Å². The van der Waals surface area contributed by atoms with E-state index in [2.05, 4.69) is 26.8 Å². The first-order valence-corrected chi connectivity index (χ1v) is 13.8. The van der Waals surface area contributed by atoms with Crippen molar-refractivity contribution < 1.29 is 19.0 Å². The number of benzene rings is 2. The highest BCUT2D eigenvalue weighted by molar-refractivity contribution is 5.61. The number of rotatable bonds is 6. The average molecular weight is 506 g/mol. The van der Waals surface area contributed by atoms with Crippen molar-refractivity contribution in [1.29, 1.82) is 0 Å². The van der Waals surface area contributed by atoms with E-state index in [-0.39, 0.29) is 17.3 Å². The Kier molecular flexibility index (Phi) is 5.72. The lowest BCUT2D eigenvalue weighted by atomic mass is 9.69. The molecule has 1 spiro atoms. The predicted molar refractivity (Wildman–Crippen MR) is 141 cm³/mol. The number of aliphatic hydroxyl groups excluding tert-OH is 1. The van der Waals surface area contributed by atoms with Crippen LogP contribution >= 0.6 is 0 Å². The van der Waals surface area contributed by atoms with E-state index in [0.29, 0.717) is 18.5 Å². The number of ether oxygens (including phenoxy) is 2. The van der Waals surface area contributed by atoms with Crippen molar-refractivity contribution in [3.05, 3.63) is 65.5 Å². The standard InChI is InChI=1S/C30H36FN3O3/c1-36-26-8-3-20-17-32(14-11-30-10-9-25(35)16-27(30)37-29(26)28(20)30)12-2-13-33-18-24-15-23(33)19-34(24)22-6-4-21(31)5-7-22/h3-10,23-25,27,35H,2,11-19H2,1H3/t23?,24?,25-,27-,30?/m1/s1. The number of hydrogen-bond donors (Lipinski definition) is 1. The fourth-order valence-electron chi connectivity index (χ4n) is 7.65. The number of fused-ring (bicyclic) bond motifs is 2. The highest BCUT2D eigenvalue weighted by Gasteiger charge is 2.52. The van der Waals surface area contributed by atoms with Gasteiger partial charge in [0, 0.05) is 49.4 Å². The second kappa shape index (κ2) is 9.00. The molecule has 0 saturated carbocycles. The van der Waals surface area contributed by atoms with E-state index < -0.39 is 6.10 Å². The molecule has 6 nitrogen and oxygen atoms in total. The van der Waals surface area contributed by atoms with Gasteiger partial charge >= 0.3 is 0 Å². The van der Waals surface area contributed by atoms with Crippen LogP contribution in [0.2, 0.25) is 0 Å². The van der Waals surface area contributed by atoms with E-state index >= 15 is 0 Å². The Hall–Kier alpha value is -2.61. The Bertz CT molecular complexity index is 1200. The molecule has 5 aliphatic rings. The van der Waals surface area contributed by atoms with Crippen LogP contribution in [0.15, 0.2) is 48.6 Å². The highest BCUT2D eigenvalue weighted by atomic mass is 19.1. The summed E-state index contributed by atoms with van der Waals surface area (Å²) in [7, 11) is 1.70. The molecule has 196 valence electrons. The Morgan fingerprint density at radius 3 is 2.73 bits per heavy atom. The van der Waals surface area contributed by atoms with Crippen molar-refractivity contribution in [3.63, 3.8) is 0 Å². The fourth-order valence-corrected chi connectivity index (χ4v) is 7.65. The van der Waals surface area contributed by atoms with Crippen LogP contribution in [0, 0.1) is 5.82 Å². The third-order valence-corrected chi connectivity index (χ3v) is 9.47. The second-order valence-corrected chi connectivity index (χ2v) is 11.5. The molecular weight excluding hydrogens is 469 g/mol. The van der Waals surface area contributed by atoms with Crippen LogP contribution in [0.4, 0.5) is 10.1 Å². The number of piperazine rings is 1. The van der Waals surface area contributed by atoms with Gasteiger partial charge < -0.3 is 19.5 Å². The lowest BCUT2D eigenvalue weighted by molar-refractivity contribution is 0.0807. The molecule has 37 heavy (non-hydrogen) atoms. The molecule has 3 unspecified atom stereocenters. The normalized spacial score (nSPS) is 32.2. The Morgan fingerprint density at radius 2 is 1.95 bits per heavy atom. The molecule has 1 aliphatic carbocycles. The van der Waals surface area contributed by atoms with E-state index in [1.807, 2.05) is 24.3 Å².